The molecule has 0 saturated carbocycles. The molecule has 0 aliphatic rings. The molecule has 0 fully saturated rings. The molecule has 0 saturated heterocycles. The minimum Gasteiger partial charge on any atom is -0.381 e. The number of hydrogen-bond donors (Lipinski definition) is 0. The van der Waals surface area contributed by atoms with Gasteiger partial charge in [0, 0.05) is 89.0 Å². The van der Waals surface area contributed by atoms with Gasteiger partial charge in [-0.3, -0.25) is 0 Å². The van der Waals surface area contributed by atoms with E-state index < -0.39 is 0 Å². The molecule has 268 valence electrons. The summed E-state index contributed by atoms with van der Waals surface area (Å²) in [4.78, 5) is 0. The molecule has 0 amide bonds. The van der Waals surface area contributed by atoms with E-state index >= 15 is 8.78 Å². The van der Waals surface area contributed by atoms with Crippen LogP contribution < -0.4 is 0 Å². The summed E-state index contributed by atoms with van der Waals surface area (Å²) in [5.74, 6) is 0. The van der Waals surface area contributed by atoms with Crippen LogP contribution in [0.15, 0.2) is 72.8 Å². The number of hydrogen-bond acceptors (Lipinski definition) is 6. The summed E-state index contributed by atoms with van der Waals surface area (Å²) >= 11 is 6.14. The lowest BCUT2D eigenvalue weighted by atomic mass is 9.98. The fraction of sp³-hybridized carbons (Fsp3) is 0.318. The average Bonchev–Trinajstić information content (AvgIpc) is 3.88. The highest BCUT2D eigenvalue weighted by molar-refractivity contribution is 7.37. The van der Waals surface area contributed by atoms with Crippen LogP contribution in [-0.4, -0.2) is 26.4 Å². The van der Waals surface area contributed by atoms with E-state index in [-0.39, 0.29) is 10.3 Å². The molecule has 8 rings (SSSR count). The Kier molecular flexibility index (Phi) is 11.0. The van der Waals surface area contributed by atoms with E-state index in [2.05, 4.69) is 74.5 Å². The zero-order valence-electron chi connectivity index (χ0n) is 29.6. The Labute approximate surface area is 319 Å². The Morgan fingerprint density at radius 1 is 0.462 bits per heavy atom. The summed E-state index contributed by atoms with van der Waals surface area (Å²) in [5, 5.41) is 4.17. The van der Waals surface area contributed by atoms with Gasteiger partial charge < -0.3 is 9.47 Å². The number of unbranched alkanes of at least 4 members (excludes halogenated alkanes) is 2. The maximum absolute atomic E-state index is 15.9. The van der Waals surface area contributed by atoms with Crippen molar-refractivity contribution in [2.45, 2.75) is 65.2 Å². The molecule has 0 bridgehead atoms. The van der Waals surface area contributed by atoms with Crippen molar-refractivity contribution in [2.24, 2.45) is 0 Å². The summed E-state index contributed by atoms with van der Waals surface area (Å²) < 4.78 is 50.3. The maximum atomic E-state index is 15.9. The van der Waals surface area contributed by atoms with Gasteiger partial charge in [-0.05, 0) is 61.8 Å². The summed E-state index contributed by atoms with van der Waals surface area (Å²) in [6.45, 7) is 7.11. The Hall–Kier alpha value is -3.24. The van der Waals surface area contributed by atoms with Crippen molar-refractivity contribution in [3.8, 4) is 22.3 Å². The Balaban J connectivity index is 1.32. The van der Waals surface area contributed by atoms with Gasteiger partial charge in [0.05, 0.1) is 9.40 Å². The SMILES string of the molecule is CCCCOCCCc1c(F)sc2c(-c3ccccc3)c3sc4c5cc6c(CCCOCCCC)c(F)sc6c(-c6ccccc6)c5sc4c3cc12. The van der Waals surface area contributed by atoms with Crippen LogP contribution in [0.5, 0.6) is 0 Å². The minimum absolute atomic E-state index is 0.0945. The van der Waals surface area contributed by atoms with Crippen molar-refractivity contribution in [1.29, 1.82) is 0 Å². The molecule has 4 aromatic carbocycles. The highest BCUT2D eigenvalue weighted by Gasteiger charge is 2.26. The highest BCUT2D eigenvalue weighted by Crippen LogP contribution is 2.54. The largest absolute Gasteiger partial charge is 0.381 e. The van der Waals surface area contributed by atoms with E-state index in [1.807, 2.05) is 12.1 Å². The lowest BCUT2D eigenvalue weighted by Crippen LogP contribution is -1.99. The predicted molar refractivity (Wildman–Crippen MR) is 224 cm³/mol. The molecule has 2 nitrogen and oxygen atoms in total. The third-order valence-corrected chi connectivity index (χ3v) is 14.7. The quantitative estimate of drug-likeness (QED) is 0.0912. The first kappa shape index (κ1) is 35.8. The van der Waals surface area contributed by atoms with E-state index in [4.69, 9.17) is 9.47 Å². The van der Waals surface area contributed by atoms with Crippen molar-refractivity contribution in [3.05, 3.63) is 94.2 Å². The van der Waals surface area contributed by atoms with Crippen molar-refractivity contribution in [3.63, 3.8) is 0 Å². The number of halogens is 2. The first-order chi connectivity index (χ1) is 25.6. The zero-order valence-corrected chi connectivity index (χ0v) is 32.9. The normalized spacial score (nSPS) is 12.2. The number of benzene rings is 4. The fourth-order valence-electron chi connectivity index (χ4n) is 7.27. The minimum atomic E-state index is -0.0945. The summed E-state index contributed by atoms with van der Waals surface area (Å²) in [6.07, 6.45) is 7.16. The number of fused-ring (bicyclic) bond motifs is 7. The Bertz CT molecular complexity index is 2300. The van der Waals surface area contributed by atoms with Crippen LogP contribution in [0.4, 0.5) is 8.78 Å². The molecule has 4 aromatic heterocycles. The first-order valence-electron chi connectivity index (χ1n) is 18.5. The zero-order chi connectivity index (χ0) is 35.6. The third kappa shape index (κ3) is 6.71. The molecule has 0 atom stereocenters. The van der Waals surface area contributed by atoms with Gasteiger partial charge in [-0.25, -0.2) is 0 Å². The Morgan fingerprint density at radius 2 is 0.846 bits per heavy atom. The van der Waals surface area contributed by atoms with Crippen molar-refractivity contribution in [2.75, 3.05) is 26.4 Å². The van der Waals surface area contributed by atoms with E-state index in [9.17, 15) is 0 Å². The first-order valence-corrected chi connectivity index (χ1v) is 21.8. The van der Waals surface area contributed by atoms with Crippen LogP contribution >= 0.6 is 45.3 Å². The second kappa shape index (κ2) is 16.0. The van der Waals surface area contributed by atoms with E-state index in [0.717, 1.165) is 105 Å². The molecule has 8 aromatic rings. The predicted octanol–water partition coefficient (Wildman–Crippen LogP) is 14.8. The van der Waals surface area contributed by atoms with Gasteiger partial charge in [0.2, 0.25) is 0 Å². The third-order valence-electron chi connectivity index (χ3n) is 9.92. The molecule has 0 aliphatic carbocycles. The molecule has 0 aliphatic heterocycles. The smallest absolute Gasteiger partial charge is 0.180 e. The van der Waals surface area contributed by atoms with Crippen LogP contribution in [0.25, 0.3) is 72.0 Å². The number of aryl methyl sites for hydroxylation is 2. The number of ether oxygens (including phenoxy) is 2. The number of rotatable bonds is 16. The van der Waals surface area contributed by atoms with Crippen LogP contribution in [0, 0.1) is 10.3 Å². The second-order valence-corrected chi connectivity index (χ2v) is 17.4. The van der Waals surface area contributed by atoms with Gasteiger partial charge in [0.15, 0.2) is 10.3 Å². The van der Waals surface area contributed by atoms with Crippen molar-refractivity contribution >= 4 is 95.1 Å². The van der Waals surface area contributed by atoms with Crippen LogP contribution in [0.3, 0.4) is 0 Å². The Morgan fingerprint density at radius 3 is 1.25 bits per heavy atom. The molecular weight excluding hydrogens is 727 g/mol. The molecule has 4 heterocycles. The van der Waals surface area contributed by atoms with Crippen LogP contribution in [0.2, 0.25) is 0 Å². The van der Waals surface area contributed by atoms with E-state index in [1.165, 1.54) is 52.2 Å². The summed E-state index contributed by atoms with van der Waals surface area (Å²) in [6, 6.07) is 25.4. The molecule has 0 unspecified atom stereocenters. The van der Waals surface area contributed by atoms with Gasteiger partial charge in [0.1, 0.15) is 0 Å². The van der Waals surface area contributed by atoms with Crippen molar-refractivity contribution < 1.29 is 18.3 Å². The summed E-state index contributed by atoms with van der Waals surface area (Å²) in [7, 11) is 0. The van der Waals surface area contributed by atoms with Gasteiger partial charge >= 0.3 is 0 Å². The standard InChI is InChI=1S/C44H42F2O2S4/c1-3-5-21-47-23-13-19-29-31-25-33-39(35(37(31)51-43(29)45)27-15-9-7-10-16-27)49-42-34-26-32-30(20-14-24-48-22-6-4-2)44(46)52-38(32)36(40(34)50-41(33)42)28-17-11-8-12-18-28/h7-12,15-18,25-26H,3-6,13-14,19-24H2,1-2H3. The van der Waals surface area contributed by atoms with Gasteiger partial charge in [0.25, 0.3) is 0 Å². The van der Waals surface area contributed by atoms with E-state index in [1.54, 1.807) is 22.7 Å². The maximum Gasteiger partial charge on any atom is 0.180 e. The highest BCUT2D eigenvalue weighted by atomic mass is 32.1. The fourth-order valence-corrected chi connectivity index (χ4v) is 12.6. The summed E-state index contributed by atoms with van der Waals surface area (Å²) in [5.41, 5.74) is 6.01. The monoisotopic (exact) mass is 768 g/mol. The number of thiophene rings is 4. The van der Waals surface area contributed by atoms with Crippen LogP contribution in [-0.2, 0) is 22.3 Å². The topological polar surface area (TPSA) is 18.5 Å². The van der Waals surface area contributed by atoms with E-state index in [0.29, 0.717) is 26.1 Å². The van der Waals surface area contributed by atoms with Gasteiger partial charge in [-0.15, -0.1) is 45.3 Å². The molecular formula is C44H42F2O2S4. The molecule has 8 heteroatoms. The van der Waals surface area contributed by atoms with Gasteiger partial charge in [-0.1, -0.05) is 87.4 Å². The molecule has 52 heavy (non-hydrogen) atoms. The lowest BCUT2D eigenvalue weighted by molar-refractivity contribution is 0.129. The average molecular weight is 769 g/mol. The van der Waals surface area contributed by atoms with Crippen LogP contribution in [0.1, 0.15) is 63.5 Å². The molecule has 0 spiro atoms. The van der Waals surface area contributed by atoms with Crippen molar-refractivity contribution in [1.82, 2.24) is 0 Å². The molecule has 0 radical (unpaired) electrons. The lowest BCUT2D eigenvalue weighted by Gasteiger charge is -2.09. The molecule has 0 N–H and O–H groups in total. The second-order valence-electron chi connectivity index (χ2n) is 13.5. The van der Waals surface area contributed by atoms with Gasteiger partial charge in [-0.2, -0.15) is 8.78 Å².